The van der Waals surface area contributed by atoms with Crippen LogP contribution in [0.2, 0.25) is 0 Å². The van der Waals surface area contributed by atoms with Gasteiger partial charge in [0.2, 0.25) is 0 Å². The fourth-order valence-electron chi connectivity index (χ4n) is 1.98. The van der Waals surface area contributed by atoms with Crippen molar-refractivity contribution in [1.29, 1.82) is 0 Å². The molecule has 0 amide bonds. The number of epoxide rings is 1. The molecule has 2 heteroatoms. The van der Waals surface area contributed by atoms with E-state index < -0.39 is 0 Å². The molecule has 1 heterocycles. The van der Waals surface area contributed by atoms with Crippen LogP contribution in [0.3, 0.4) is 0 Å². The van der Waals surface area contributed by atoms with Gasteiger partial charge in [-0.1, -0.05) is 52.4 Å². The van der Waals surface area contributed by atoms with Crippen molar-refractivity contribution in [3.8, 4) is 0 Å². The summed E-state index contributed by atoms with van der Waals surface area (Å²) < 4.78 is 6.89. The molecule has 1 aromatic rings. The summed E-state index contributed by atoms with van der Waals surface area (Å²) in [5, 5.41) is 0. The number of aryl methyl sites for hydroxylation is 1. The van der Waals surface area contributed by atoms with E-state index in [0.717, 1.165) is 4.43 Å². The molecule has 0 radical (unpaired) electrons. The van der Waals surface area contributed by atoms with Gasteiger partial charge in [-0.2, -0.15) is 0 Å². The molecule has 0 unspecified atom stereocenters. The lowest BCUT2D eigenvalue weighted by Gasteiger charge is -2.12. The lowest BCUT2D eigenvalue weighted by molar-refractivity contribution is 0.292. The second kappa shape index (κ2) is 3.20. The summed E-state index contributed by atoms with van der Waals surface area (Å²) in [6.45, 7) is 6.45. The summed E-state index contributed by atoms with van der Waals surface area (Å²) in [5.41, 5.74) is 2.58. The Kier molecular flexibility index (Phi) is 2.39. The minimum absolute atomic E-state index is 0.00197. The predicted molar refractivity (Wildman–Crippen MR) is 66.9 cm³/mol. The third kappa shape index (κ3) is 1.39. The van der Waals surface area contributed by atoms with Crippen LogP contribution in [0.1, 0.15) is 25.0 Å². The average Bonchev–Trinajstić information content (AvgIpc) is 2.70. The van der Waals surface area contributed by atoms with Crippen LogP contribution in [0.25, 0.3) is 0 Å². The van der Waals surface area contributed by atoms with E-state index in [2.05, 4.69) is 67.6 Å². The van der Waals surface area contributed by atoms with Gasteiger partial charge in [0.05, 0.1) is 5.60 Å². The van der Waals surface area contributed by atoms with Crippen molar-refractivity contribution in [2.45, 2.75) is 32.0 Å². The van der Waals surface area contributed by atoms with Crippen molar-refractivity contribution in [3.63, 3.8) is 0 Å². The monoisotopic (exact) mass is 302 g/mol. The van der Waals surface area contributed by atoms with Gasteiger partial charge in [0.25, 0.3) is 0 Å². The van der Waals surface area contributed by atoms with E-state index in [9.17, 15) is 0 Å². The normalized spacial score (nSPS) is 28.9. The maximum atomic E-state index is 5.87. The summed E-state index contributed by atoms with van der Waals surface area (Å²) in [6, 6.07) is 8.63. The highest BCUT2D eigenvalue weighted by atomic mass is 127. The number of rotatable bonds is 2. The third-order valence-electron chi connectivity index (χ3n) is 3.03. The molecule has 0 saturated carbocycles. The number of alkyl halides is 1. The van der Waals surface area contributed by atoms with Gasteiger partial charge in [-0.05, 0) is 26.3 Å². The molecule has 1 aliphatic rings. The molecule has 14 heavy (non-hydrogen) atoms. The minimum Gasteiger partial charge on any atom is -0.357 e. The quantitative estimate of drug-likeness (QED) is 0.463. The zero-order valence-electron chi connectivity index (χ0n) is 8.80. The van der Waals surface area contributed by atoms with Crippen LogP contribution < -0.4 is 0 Å². The Balaban J connectivity index is 2.40. The van der Waals surface area contributed by atoms with Crippen molar-refractivity contribution in [3.05, 3.63) is 35.4 Å². The molecule has 1 atom stereocenters. The fourth-order valence-corrected chi connectivity index (χ4v) is 3.49. The fraction of sp³-hybridized carbons (Fsp3) is 0.500. The molecule has 1 saturated heterocycles. The van der Waals surface area contributed by atoms with E-state index in [0.29, 0.717) is 0 Å². The summed E-state index contributed by atoms with van der Waals surface area (Å²) in [7, 11) is 0. The largest absolute Gasteiger partial charge is 0.357 e. The van der Waals surface area contributed by atoms with Crippen LogP contribution in [0.15, 0.2) is 24.3 Å². The first-order valence-electron chi connectivity index (χ1n) is 4.85. The molecule has 1 fully saturated rings. The minimum atomic E-state index is -0.0421. The Labute approximate surface area is 99.0 Å². The maximum absolute atomic E-state index is 5.87. The molecule has 0 spiro atoms. The number of hydrogen-bond donors (Lipinski definition) is 0. The molecule has 2 rings (SSSR count). The second-order valence-electron chi connectivity index (χ2n) is 4.44. The average molecular weight is 302 g/mol. The number of hydrogen-bond acceptors (Lipinski definition) is 1. The molecular formula is C12H15IO. The van der Waals surface area contributed by atoms with Gasteiger partial charge in [-0.3, -0.25) is 0 Å². The zero-order valence-corrected chi connectivity index (χ0v) is 11.0. The highest BCUT2D eigenvalue weighted by Crippen LogP contribution is 2.56. The molecule has 0 aliphatic carbocycles. The third-order valence-corrected chi connectivity index (χ3v) is 4.11. The van der Waals surface area contributed by atoms with E-state index in [1.54, 1.807) is 0 Å². The predicted octanol–water partition coefficient (Wildman–Crippen LogP) is 3.43. The van der Waals surface area contributed by atoms with Gasteiger partial charge in [-0.15, -0.1) is 0 Å². The molecule has 0 N–H and O–H groups in total. The van der Waals surface area contributed by atoms with Crippen molar-refractivity contribution in [2.75, 3.05) is 4.43 Å². The Morgan fingerprint density at radius 3 is 2.43 bits per heavy atom. The highest BCUT2D eigenvalue weighted by molar-refractivity contribution is 14.1. The van der Waals surface area contributed by atoms with Crippen molar-refractivity contribution >= 4 is 22.6 Å². The SMILES string of the molecule is Cc1cccc([C@]2(CI)OC2(C)C)c1. The summed E-state index contributed by atoms with van der Waals surface area (Å²) in [5.74, 6) is 0. The van der Waals surface area contributed by atoms with Gasteiger partial charge in [0, 0.05) is 4.43 Å². The molecule has 0 bridgehead atoms. The molecule has 1 aliphatic heterocycles. The van der Waals surface area contributed by atoms with Crippen molar-refractivity contribution < 1.29 is 4.74 Å². The first kappa shape index (κ1) is 10.4. The van der Waals surface area contributed by atoms with Gasteiger partial charge in [0.15, 0.2) is 0 Å². The van der Waals surface area contributed by atoms with Gasteiger partial charge < -0.3 is 4.74 Å². The molecule has 76 valence electrons. The lowest BCUT2D eigenvalue weighted by Crippen LogP contribution is -2.20. The van der Waals surface area contributed by atoms with E-state index in [1.165, 1.54) is 11.1 Å². The van der Waals surface area contributed by atoms with Gasteiger partial charge >= 0.3 is 0 Å². The Hall–Kier alpha value is -0.0900. The first-order chi connectivity index (χ1) is 6.52. The van der Waals surface area contributed by atoms with Crippen LogP contribution in [0.4, 0.5) is 0 Å². The van der Waals surface area contributed by atoms with Crippen LogP contribution in [0.5, 0.6) is 0 Å². The van der Waals surface area contributed by atoms with E-state index in [1.807, 2.05) is 0 Å². The van der Waals surface area contributed by atoms with E-state index in [-0.39, 0.29) is 11.2 Å². The van der Waals surface area contributed by atoms with Crippen LogP contribution >= 0.6 is 22.6 Å². The molecule has 0 aromatic heterocycles. The number of halogens is 1. The zero-order chi connectivity index (χ0) is 10.4. The Bertz CT molecular complexity index is 359. The Morgan fingerprint density at radius 1 is 1.36 bits per heavy atom. The van der Waals surface area contributed by atoms with Crippen molar-refractivity contribution in [2.24, 2.45) is 0 Å². The van der Waals surface area contributed by atoms with Crippen molar-refractivity contribution in [1.82, 2.24) is 0 Å². The molecular weight excluding hydrogens is 287 g/mol. The van der Waals surface area contributed by atoms with Crippen LogP contribution in [0, 0.1) is 6.92 Å². The second-order valence-corrected chi connectivity index (χ2v) is 5.21. The van der Waals surface area contributed by atoms with Crippen LogP contribution in [-0.4, -0.2) is 10.0 Å². The Morgan fingerprint density at radius 2 is 2.00 bits per heavy atom. The molecule has 1 nitrogen and oxygen atoms in total. The number of benzene rings is 1. The smallest absolute Gasteiger partial charge is 0.131 e. The van der Waals surface area contributed by atoms with Crippen LogP contribution in [-0.2, 0) is 10.3 Å². The van der Waals surface area contributed by atoms with Gasteiger partial charge in [-0.25, -0.2) is 0 Å². The summed E-state index contributed by atoms with van der Waals surface area (Å²) in [6.07, 6.45) is 0. The topological polar surface area (TPSA) is 12.5 Å². The number of ether oxygens (including phenoxy) is 1. The summed E-state index contributed by atoms with van der Waals surface area (Å²) >= 11 is 2.41. The maximum Gasteiger partial charge on any atom is 0.131 e. The lowest BCUT2D eigenvalue weighted by atomic mass is 9.89. The molecule has 1 aromatic carbocycles. The highest BCUT2D eigenvalue weighted by Gasteiger charge is 2.63. The van der Waals surface area contributed by atoms with Gasteiger partial charge in [0.1, 0.15) is 5.60 Å². The summed E-state index contributed by atoms with van der Waals surface area (Å²) in [4.78, 5) is 0. The van der Waals surface area contributed by atoms with E-state index >= 15 is 0 Å². The first-order valence-corrected chi connectivity index (χ1v) is 6.38. The van der Waals surface area contributed by atoms with E-state index in [4.69, 9.17) is 4.74 Å². The standard InChI is InChI=1S/C12H15IO/c1-9-5-4-6-10(7-9)12(8-13)11(2,3)14-12/h4-7H,8H2,1-3H3/t12-/m0/s1.